The molecule has 0 aliphatic carbocycles. The van der Waals surface area contributed by atoms with Gasteiger partial charge in [-0.25, -0.2) is 4.98 Å². The number of hydrogen-bond donors (Lipinski definition) is 1. The number of piperidine rings is 1. The second kappa shape index (κ2) is 8.42. The van der Waals surface area contributed by atoms with Crippen LogP contribution in [0.2, 0.25) is 5.02 Å². The smallest absolute Gasteiger partial charge is 0.239 e. The third-order valence-corrected chi connectivity index (χ3v) is 8.36. The lowest BCUT2D eigenvalue weighted by atomic mass is 9.98. The van der Waals surface area contributed by atoms with E-state index in [1.54, 1.807) is 11.3 Å². The van der Waals surface area contributed by atoms with Crippen molar-refractivity contribution in [1.29, 1.82) is 0 Å². The van der Waals surface area contributed by atoms with Gasteiger partial charge in [-0.3, -0.25) is 4.79 Å². The number of ether oxygens (including phenoxy) is 1. The van der Waals surface area contributed by atoms with E-state index in [-0.39, 0.29) is 12.5 Å². The number of methoxy groups -OCH3 is 1. The maximum Gasteiger partial charge on any atom is 0.239 e. The Labute approximate surface area is 201 Å². The molecule has 6 rings (SSSR count). The van der Waals surface area contributed by atoms with Crippen molar-refractivity contribution >= 4 is 50.8 Å². The second-order valence-corrected chi connectivity index (χ2v) is 10.3. The number of anilines is 2. The molecule has 2 aromatic heterocycles. The third kappa shape index (κ3) is 3.64. The van der Waals surface area contributed by atoms with Crippen molar-refractivity contribution in [1.82, 2.24) is 15.3 Å². The van der Waals surface area contributed by atoms with Gasteiger partial charge in [-0.1, -0.05) is 29.8 Å². The largest absolute Gasteiger partial charge is 0.381 e. The fraction of sp³-hybridized carbons (Fsp3) is 0.458. The third-order valence-electron chi connectivity index (χ3n) is 7.16. The van der Waals surface area contributed by atoms with Crippen LogP contribution in [0.3, 0.4) is 0 Å². The van der Waals surface area contributed by atoms with Gasteiger partial charge < -0.3 is 19.9 Å². The van der Waals surface area contributed by atoms with E-state index in [2.05, 4.69) is 21.7 Å². The predicted molar refractivity (Wildman–Crippen MR) is 132 cm³/mol. The molecule has 3 fully saturated rings. The van der Waals surface area contributed by atoms with Gasteiger partial charge in [0.1, 0.15) is 10.6 Å². The Morgan fingerprint density at radius 1 is 1.15 bits per heavy atom. The van der Waals surface area contributed by atoms with Gasteiger partial charge in [-0.05, 0) is 31.7 Å². The Bertz CT molecular complexity index is 1200. The molecule has 3 aliphatic rings. The number of fused-ring (bicyclic) bond motifs is 3. The van der Waals surface area contributed by atoms with Crippen LogP contribution in [-0.2, 0) is 9.53 Å². The average Bonchev–Trinajstić information content (AvgIpc) is 3.36. The minimum Gasteiger partial charge on any atom is -0.381 e. The molecular weight excluding hydrogens is 458 g/mol. The van der Waals surface area contributed by atoms with Gasteiger partial charge in [0.25, 0.3) is 0 Å². The van der Waals surface area contributed by atoms with Gasteiger partial charge >= 0.3 is 0 Å². The van der Waals surface area contributed by atoms with E-state index in [1.807, 2.05) is 30.2 Å². The maximum atomic E-state index is 12.1. The highest BCUT2D eigenvalue weighted by Gasteiger charge is 2.43. The molecule has 3 aliphatic heterocycles. The Morgan fingerprint density at radius 3 is 2.67 bits per heavy atom. The summed E-state index contributed by atoms with van der Waals surface area (Å²) in [6.45, 7) is 1.60. The van der Waals surface area contributed by atoms with E-state index in [4.69, 9.17) is 26.3 Å². The Balaban J connectivity index is 1.52. The number of nitrogens with zero attached hydrogens (tertiary/aromatic N) is 4. The van der Waals surface area contributed by atoms with Crippen LogP contribution in [0.5, 0.6) is 0 Å². The molecule has 2 bridgehead atoms. The first-order chi connectivity index (χ1) is 16.1. The molecule has 7 nitrogen and oxygen atoms in total. The SMILES string of the molecule is COC1CC2CCC(C1)N2c1nc(N2CCNC(=O)C2)nc2scc(-c3ccccc3Cl)c12. The van der Waals surface area contributed by atoms with Gasteiger partial charge in [0.15, 0.2) is 0 Å². The number of hydrogen-bond acceptors (Lipinski definition) is 7. The number of aromatic nitrogens is 2. The fourth-order valence-electron chi connectivity index (χ4n) is 5.59. The van der Waals surface area contributed by atoms with E-state index >= 15 is 0 Å². The number of rotatable bonds is 4. The summed E-state index contributed by atoms with van der Waals surface area (Å²) in [7, 11) is 1.82. The van der Waals surface area contributed by atoms with Gasteiger partial charge in [0.05, 0.1) is 18.0 Å². The number of carbonyl (C=O) groups is 1. The molecule has 0 saturated carbocycles. The quantitative estimate of drug-likeness (QED) is 0.602. The number of nitrogens with one attached hydrogen (secondary N) is 1. The van der Waals surface area contributed by atoms with Gasteiger partial charge in [-0.15, -0.1) is 11.3 Å². The van der Waals surface area contributed by atoms with E-state index < -0.39 is 0 Å². The number of thiophene rings is 1. The Morgan fingerprint density at radius 2 is 1.94 bits per heavy atom. The van der Waals surface area contributed by atoms with E-state index in [0.29, 0.717) is 37.2 Å². The molecule has 1 aromatic carbocycles. The fourth-order valence-corrected chi connectivity index (χ4v) is 6.76. The summed E-state index contributed by atoms with van der Waals surface area (Å²) in [6.07, 6.45) is 4.59. The van der Waals surface area contributed by atoms with Crippen LogP contribution < -0.4 is 15.1 Å². The first-order valence-corrected chi connectivity index (χ1v) is 12.7. The molecule has 2 unspecified atom stereocenters. The summed E-state index contributed by atoms with van der Waals surface area (Å²) in [5, 5.41) is 6.82. The summed E-state index contributed by atoms with van der Waals surface area (Å²) in [5.41, 5.74) is 2.08. The molecule has 9 heteroatoms. The number of piperazine rings is 1. The number of halogens is 1. The number of carbonyl (C=O) groups excluding carboxylic acids is 1. The molecule has 0 spiro atoms. The first-order valence-electron chi connectivity index (χ1n) is 11.5. The van der Waals surface area contributed by atoms with Gasteiger partial charge in [-0.2, -0.15) is 4.98 Å². The zero-order chi connectivity index (χ0) is 22.5. The van der Waals surface area contributed by atoms with Crippen LogP contribution in [0.1, 0.15) is 25.7 Å². The number of amides is 1. The van der Waals surface area contributed by atoms with E-state index in [0.717, 1.165) is 57.9 Å². The lowest BCUT2D eigenvalue weighted by molar-refractivity contribution is -0.120. The molecule has 2 atom stereocenters. The molecule has 33 heavy (non-hydrogen) atoms. The van der Waals surface area contributed by atoms with Crippen molar-refractivity contribution < 1.29 is 9.53 Å². The second-order valence-electron chi connectivity index (χ2n) is 9.05. The standard InChI is InChI=1S/C24H26ClN5O2S/c1-32-16-10-14-6-7-15(11-16)30(14)22-21-18(17-4-2-3-5-19(17)25)13-33-23(21)28-24(27-22)29-9-8-26-20(31)12-29/h2-5,13-16H,6-12H2,1H3,(H,26,31). The Kier molecular flexibility index (Phi) is 5.39. The summed E-state index contributed by atoms with van der Waals surface area (Å²) >= 11 is 8.23. The topological polar surface area (TPSA) is 70.6 Å². The monoisotopic (exact) mass is 483 g/mol. The average molecular weight is 484 g/mol. The van der Waals surface area contributed by atoms with Crippen LogP contribution in [0.25, 0.3) is 21.3 Å². The van der Waals surface area contributed by atoms with Crippen molar-refractivity contribution in [2.24, 2.45) is 0 Å². The van der Waals surface area contributed by atoms with Gasteiger partial charge in [0.2, 0.25) is 11.9 Å². The Hall–Kier alpha value is -2.42. The van der Waals surface area contributed by atoms with Gasteiger partial charge in [0, 0.05) is 53.8 Å². The zero-order valence-corrected chi connectivity index (χ0v) is 20.0. The van der Waals surface area contributed by atoms with Crippen LogP contribution >= 0.6 is 22.9 Å². The van der Waals surface area contributed by atoms with Crippen molar-refractivity contribution in [3.63, 3.8) is 0 Å². The van der Waals surface area contributed by atoms with E-state index in [9.17, 15) is 4.79 Å². The van der Waals surface area contributed by atoms with Crippen LogP contribution in [-0.4, -0.2) is 60.8 Å². The normalized spacial score (nSPS) is 25.0. The zero-order valence-electron chi connectivity index (χ0n) is 18.5. The predicted octanol–water partition coefficient (Wildman–Crippen LogP) is 4.09. The summed E-state index contributed by atoms with van der Waals surface area (Å²) in [6, 6.07) is 8.73. The first kappa shape index (κ1) is 21.1. The minimum atomic E-state index is 0.00964. The molecule has 3 aromatic rings. The van der Waals surface area contributed by atoms with Crippen molar-refractivity contribution in [3.05, 3.63) is 34.7 Å². The minimum absolute atomic E-state index is 0.00964. The van der Waals surface area contributed by atoms with E-state index in [1.165, 1.54) is 0 Å². The molecular formula is C24H26ClN5O2S. The number of benzene rings is 1. The highest BCUT2D eigenvalue weighted by Crippen LogP contribution is 2.47. The molecule has 1 amide bonds. The molecule has 3 saturated heterocycles. The lowest BCUT2D eigenvalue weighted by Crippen LogP contribution is -2.49. The van der Waals surface area contributed by atoms with Crippen LogP contribution in [0.4, 0.5) is 11.8 Å². The van der Waals surface area contributed by atoms with Crippen molar-refractivity contribution in [3.8, 4) is 11.1 Å². The molecule has 0 radical (unpaired) electrons. The summed E-state index contributed by atoms with van der Waals surface area (Å²) in [5.74, 6) is 1.61. The van der Waals surface area contributed by atoms with Crippen molar-refractivity contribution in [2.75, 3.05) is 36.5 Å². The maximum absolute atomic E-state index is 12.1. The highest BCUT2D eigenvalue weighted by atomic mass is 35.5. The lowest BCUT2D eigenvalue weighted by Gasteiger charge is -2.40. The summed E-state index contributed by atoms with van der Waals surface area (Å²) in [4.78, 5) is 27.6. The van der Waals surface area contributed by atoms with Crippen molar-refractivity contribution in [2.45, 2.75) is 43.9 Å². The molecule has 172 valence electrons. The molecule has 1 N–H and O–H groups in total. The highest BCUT2D eigenvalue weighted by molar-refractivity contribution is 7.17. The van der Waals surface area contributed by atoms with Crippen LogP contribution in [0.15, 0.2) is 29.6 Å². The van der Waals surface area contributed by atoms with Crippen LogP contribution in [0, 0.1) is 0 Å². The summed E-state index contributed by atoms with van der Waals surface area (Å²) < 4.78 is 5.74. The molecule has 5 heterocycles.